The van der Waals surface area contributed by atoms with Crippen molar-refractivity contribution in [2.24, 2.45) is 4.99 Å². The predicted molar refractivity (Wildman–Crippen MR) is 111 cm³/mol. The van der Waals surface area contributed by atoms with Crippen molar-refractivity contribution in [2.45, 2.75) is 19.9 Å². The first kappa shape index (κ1) is 19.5. The van der Waals surface area contributed by atoms with E-state index in [1.807, 2.05) is 55.5 Å². The number of hydrogen-bond donors (Lipinski definition) is 2. The van der Waals surface area contributed by atoms with E-state index >= 15 is 0 Å². The molecule has 0 bridgehead atoms. The van der Waals surface area contributed by atoms with Gasteiger partial charge < -0.3 is 19.8 Å². The van der Waals surface area contributed by atoms with Crippen LogP contribution in [0.2, 0.25) is 0 Å². The minimum absolute atomic E-state index is 0.533. The van der Waals surface area contributed by atoms with E-state index in [1.165, 1.54) is 5.56 Å². The molecule has 1 aromatic heterocycles. The summed E-state index contributed by atoms with van der Waals surface area (Å²) >= 11 is 0. The second kappa shape index (κ2) is 10.2. The molecule has 3 aromatic rings. The lowest BCUT2D eigenvalue weighted by Crippen LogP contribution is -2.37. The topological polar surface area (TPSA) is 71.7 Å². The first-order valence-electron chi connectivity index (χ1n) is 9.45. The third-order valence-electron chi connectivity index (χ3n) is 4.19. The molecule has 146 valence electrons. The van der Waals surface area contributed by atoms with Gasteiger partial charge in [0, 0.05) is 19.2 Å². The van der Waals surface area contributed by atoms with Crippen LogP contribution in [-0.2, 0) is 13.0 Å². The molecule has 0 aliphatic rings. The molecule has 3 rings (SSSR count). The second-order valence-corrected chi connectivity index (χ2v) is 6.15. The summed E-state index contributed by atoms with van der Waals surface area (Å²) in [6.45, 7) is 3.94. The van der Waals surface area contributed by atoms with E-state index in [2.05, 4.69) is 26.7 Å². The molecular formula is C22H26N4O2. The highest BCUT2D eigenvalue weighted by Gasteiger charge is 2.07. The minimum Gasteiger partial charge on any atom is -0.494 e. The lowest BCUT2D eigenvalue weighted by atomic mass is 10.1. The van der Waals surface area contributed by atoms with Crippen LogP contribution in [0.3, 0.4) is 0 Å². The molecule has 2 aromatic carbocycles. The highest BCUT2D eigenvalue weighted by Crippen LogP contribution is 2.18. The molecule has 0 aliphatic heterocycles. The van der Waals surface area contributed by atoms with E-state index in [0.717, 1.165) is 35.9 Å². The number of guanidine groups is 1. The van der Waals surface area contributed by atoms with Crippen LogP contribution in [0.15, 0.2) is 70.3 Å². The lowest BCUT2D eigenvalue weighted by molar-refractivity contribution is 0.336. The van der Waals surface area contributed by atoms with Crippen molar-refractivity contribution < 1.29 is 9.15 Å². The monoisotopic (exact) mass is 378 g/mol. The number of hydrogen-bond acceptors (Lipinski definition) is 4. The predicted octanol–water partition coefficient (Wildman–Crippen LogP) is 3.65. The Labute approximate surface area is 165 Å². The van der Waals surface area contributed by atoms with Gasteiger partial charge in [-0.3, -0.25) is 4.99 Å². The van der Waals surface area contributed by atoms with Crippen LogP contribution < -0.4 is 15.4 Å². The minimum atomic E-state index is 0.533. The average molecular weight is 378 g/mol. The molecule has 0 saturated carbocycles. The fraction of sp³-hybridized carbons (Fsp3) is 0.273. The molecule has 28 heavy (non-hydrogen) atoms. The largest absolute Gasteiger partial charge is 0.494 e. The maximum Gasteiger partial charge on any atom is 0.226 e. The van der Waals surface area contributed by atoms with E-state index in [9.17, 15) is 0 Å². The second-order valence-electron chi connectivity index (χ2n) is 6.15. The highest BCUT2D eigenvalue weighted by molar-refractivity contribution is 5.79. The third-order valence-corrected chi connectivity index (χ3v) is 4.19. The lowest BCUT2D eigenvalue weighted by Gasteiger charge is -2.13. The zero-order valence-corrected chi connectivity index (χ0v) is 16.3. The van der Waals surface area contributed by atoms with Crippen molar-refractivity contribution in [3.05, 3.63) is 72.1 Å². The summed E-state index contributed by atoms with van der Waals surface area (Å²) in [5.74, 6) is 2.27. The highest BCUT2D eigenvalue weighted by atomic mass is 16.5. The molecule has 1 heterocycles. The average Bonchev–Trinajstić information content (AvgIpc) is 3.21. The van der Waals surface area contributed by atoms with E-state index in [0.29, 0.717) is 19.0 Å². The molecule has 0 atom stereocenters. The van der Waals surface area contributed by atoms with Gasteiger partial charge in [-0.15, -0.1) is 0 Å². The Kier molecular flexibility index (Phi) is 7.07. The van der Waals surface area contributed by atoms with E-state index < -0.39 is 0 Å². The molecule has 2 N–H and O–H groups in total. The Hall–Kier alpha value is -3.28. The van der Waals surface area contributed by atoms with Gasteiger partial charge in [0.2, 0.25) is 5.89 Å². The number of oxazole rings is 1. The van der Waals surface area contributed by atoms with Crippen LogP contribution in [-0.4, -0.2) is 31.1 Å². The fourth-order valence-corrected chi connectivity index (χ4v) is 2.82. The number of nitrogens with zero attached hydrogens (tertiary/aromatic N) is 2. The molecular weight excluding hydrogens is 352 g/mol. The van der Waals surface area contributed by atoms with Gasteiger partial charge >= 0.3 is 0 Å². The van der Waals surface area contributed by atoms with Gasteiger partial charge in [-0.25, -0.2) is 4.98 Å². The standard InChI is InChI=1S/C22H26N4O2/c1-3-27-20-12-8-7-9-17(20)13-14-24-22(23-2)25-15-19-16-28-21(26-19)18-10-5-4-6-11-18/h4-12,16H,3,13-15H2,1-2H3,(H2,23,24,25). The number of nitrogens with one attached hydrogen (secondary N) is 2. The van der Waals surface area contributed by atoms with E-state index in [4.69, 9.17) is 9.15 Å². The number of para-hydroxylation sites is 1. The summed E-state index contributed by atoms with van der Waals surface area (Å²) in [4.78, 5) is 8.78. The Morgan fingerprint density at radius 2 is 1.86 bits per heavy atom. The molecule has 0 unspecified atom stereocenters. The van der Waals surface area contributed by atoms with Crippen molar-refractivity contribution in [1.29, 1.82) is 0 Å². The molecule has 0 spiro atoms. The quantitative estimate of drug-likeness (QED) is 0.462. The normalized spacial score (nSPS) is 11.3. The van der Waals surface area contributed by atoms with Crippen LogP contribution in [0.1, 0.15) is 18.2 Å². The number of ether oxygens (including phenoxy) is 1. The van der Waals surface area contributed by atoms with Gasteiger partial charge in [-0.05, 0) is 37.1 Å². The van der Waals surface area contributed by atoms with Crippen LogP contribution in [0, 0.1) is 0 Å². The Morgan fingerprint density at radius 1 is 1.07 bits per heavy atom. The maximum atomic E-state index is 5.67. The zero-order valence-electron chi connectivity index (χ0n) is 16.3. The van der Waals surface area contributed by atoms with Gasteiger partial charge in [0.25, 0.3) is 0 Å². The summed E-state index contributed by atoms with van der Waals surface area (Å²) < 4.78 is 11.2. The van der Waals surface area contributed by atoms with Gasteiger partial charge in [0.15, 0.2) is 5.96 Å². The van der Waals surface area contributed by atoms with Gasteiger partial charge in [-0.1, -0.05) is 36.4 Å². The van der Waals surface area contributed by atoms with Gasteiger partial charge in [-0.2, -0.15) is 0 Å². The van der Waals surface area contributed by atoms with Crippen LogP contribution >= 0.6 is 0 Å². The summed E-state index contributed by atoms with van der Waals surface area (Å²) in [5.41, 5.74) is 2.96. The van der Waals surface area contributed by atoms with Crippen molar-refractivity contribution >= 4 is 5.96 Å². The zero-order chi connectivity index (χ0) is 19.6. The molecule has 6 nitrogen and oxygen atoms in total. The molecule has 0 radical (unpaired) electrons. The van der Waals surface area contributed by atoms with E-state index in [-0.39, 0.29) is 0 Å². The van der Waals surface area contributed by atoms with E-state index in [1.54, 1.807) is 13.3 Å². The number of aliphatic imine (C=N–C) groups is 1. The molecule has 0 fully saturated rings. The Morgan fingerprint density at radius 3 is 2.64 bits per heavy atom. The number of rotatable bonds is 8. The van der Waals surface area contributed by atoms with Crippen molar-refractivity contribution in [1.82, 2.24) is 15.6 Å². The first-order chi connectivity index (χ1) is 13.8. The first-order valence-corrected chi connectivity index (χ1v) is 9.45. The van der Waals surface area contributed by atoms with Gasteiger partial charge in [0.1, 0.15) is 12.0 Å². The molecule has 0 amide bonds. The van der Waals surface area contributed by atoms with Crippen LogP contribution in [0.25, 0.3) is 11.5 Å². The van der Waals surface area contributed by atoms with Crippen molar-refractivity contribution in [2.75, 3.05) is 20.2 Å². The summed E-state index contributed by atoms with van der Waals surface area (Å²) in [6, 6.07) is 18.0. The fourth-order valence-electron chi connectivity index (χ4n) is 2.82. The SMILES string of the molecule is CCOc1ccccc1CCNC(=NC)NCc1coc(-c2ccccc2)n1. The Bertz CT molecular complexity index is 890. The molecule has 6 heteroatoms. The molecule has 0 aliphatic carbocycles. The number of benzene rings is 2. The Balaban J connectivity index is 1.49. The van der Waals surface area contributed by atoms with Crippen LogP contribution in [0.4, 0.5) is 0 Å². The summed E-state index contributed by atoms with van der Waals surface area (Å²) in [7, 11) is 1.75. The summed E-state index contributed by atoms with van der Waals surface area (Å²) in [6.07, 6.45) is 2.51. The van der Waals surface area contributed by atoms with Gasteiger partial charge in [0.05, 0.1) is 18.8 Å². The smallest absolute Gasteiger partial charge is 0.226 e. The van der Waals surface area contributed by atoms with Crippen LogP contribution in [0.5, 0.6) is 5.75 Å². The third kappa shape index (κ3) is 5.36. The van der Waals surface area contributed by atoms with Crippen molar-refractivity contribution in [3.63, 3.8) is 0 Å². The number of aromatic nitrogens is 1. The van der Waals surface area contributed by atoms with Crippen molar-refractivity contribution in [3.8, 4) is 17.2 Å². The molecule has 0 saturated heterocycles. The summed E-state index contributed by atoms with van der Waals surface area (Å²) in [5, 5.41) is 6.58. The maximum absolute atomic E-state index is 5.67.